The number of hydrogen-bond acceptors (Lipinski definition) is 7. The lowest BCUT2D eigenvalue weighted by Gasteiger charge is -2.25. The molecule has 2 heterocycles. The molecule has 0 aliphatic carbocycles. The Hall–Kier alpha value is -1.83. The third-order valence-electron chi connectivity index (χ3n) is 2.70. The molecule has 19 heavy (non-hydrogen) atoms. The molecule has 0 bridgehead atoms. The largest absolute Gasteiger partial charge is 0.462 e. The number of rotatable bonds is 2. The summed E-state index contributed by atoms with van der Waals surface area (Å²) in [5, 5.41) is 1.36. The molecular formula is C11H15N3O4S. The van der Waals surface area contributed by atoms with E-state index in [4.69, 9.17) is 4.74 Å². The number of nitrogens with zero attached hydrogens (tertiary/aromatic N) is 2. The van der Waals surface area contributed by atoms with Crippen molar-refractivity contribution in [3.05, 3.63) is 23.4 Å². The minimum absolute atomic E-state index is 0.108. The van der Waals surface area contributed by atoms with Crippen LogP contribution in [0.15, 0.2) is 28.4 Å². The van der Waals surface area contributed by atoms with Crippen LogP contribution in [0.2, 0.25) is 0 Å². The van der Waals surface area contributed by atoms with Gasteiger partial charge in [-0.1, -0.05) is 0 Å². The molecule has 0 fully saturated rings. The zero-order chi connectivity index (χ0) is 14.2. The standard InChI is InChI=1S/C11H15N3O4S/c1-4-18-10(15)8-6-14-9(5-7(8)2)12-11(13-14)19(3,16)17/h5-6,9H,4H2,1-3H3,(H,12,13)/t9-/m1/s1. The number of esters is 1. The minimum atomic E-state index is -3.40. The molecule has 2 rings (SSSR count). The van der Waals surface area contributed by atoms with Crippen LogP contribution in [0.1, 0.15) is 13.8 Å². The summed E-state index contributed by atoms with van der Waals surface area (Å²) in [5.74, 6) is -0.440. The van der Waals surface area contributed by atoms with Crippen LogP contribution in [0.4, 0.5) is 0 Å². The lowest BCUT2D eigenvalue weighted by molar-refractivity contribution is -0.138. The maximum Gasteiger partial charge on any atom is 0.339 e. The van der Waals surface area contributed by atoms with Gasteiger partial charge in [0.25, 0.3) is 0 Å². The van der Waals surface area contributed by atoms with E-state index in [1.54, 1.807) is 19.9 Å². The molecule has 0 aromatic heterocycles. The van der Waals surface area contributed by atoms with E-state index in [9.17, 15) is 13.2 Å². The molecule has 2 aliphatic rings. The first-order valence-corrected chi connectivity index (χ1v) is 7.62. The summed E-state index contributed by atoms with van der Waals surface area (Å²) < 4.78 is 27.8. The molecule has 7 nitrogen and oxygen atoms in total. The summed E-state index contributed by atoms with van der Waals surface area (Å²) in [7, 11) is -3.40. The summed E-state index contributed by atoms with van der Waals surface area (Å²) in [5.41, 5.74) is 3.74. The van der Waals surface area contributed by atoms with E-state index in [1.165, 1.54) is 11.2 Å². The Kier molecular flexibility index (Phi) is 3.36. The second kappa shape index (κ2) is 4.69. The topological polar surface area (TPSA) is 88.1 Å². The van der Waals surface area contributed by atoms with E-state index in [1.807, 2.05) is 0 Å². The van der Waals surface area contributed by atoms with E-state index >= 15 is 0 Å². The van der Waals surface area contributed by atoms with Crippen molar-refractivity contribution in [1.82, 2.24) is 10.4 Å². The van der Waals surface area contributed by atoms with Gasteiger partial charge in [0, 0.05) is 12.5 Å². The van der Waals surface area contributed by atoms with Crippen LogP contribution in [0.25, 0.3) is 0 Å². The Labute approximate surface area is 111 Å². The number of hydrazine groups is 1. The van der Waals surface area contributed by atoms with Crippen LogP contribution >= 0.6 is 0 Å². The Morgan fingerprint density at radius 2 is 2.26 bits per heavy atom. The predicted octanol–water partition coefficient (Wildman–Crippen LogP) is -0.0598. The summed E-state index contributed by atoms with van der Waals surface area (Å²) in [6.07, 6.45) is 3.84. The van der Waals surface area contributed by atoms with E-state index in [-0.39, 0.29) is 11.8 Å². The van der Waals surface area contributed by atoms with Gasteiger partial charge in [0.1, 0.15) is 0 Å². The van der Waals surface area contributed by atoms with Crippen LogP contribution in [-0.4, -0.2) is 43.6 Å². The van der Waals surface area contributed by atoms with Crippen molar-refractivity contribution in [1.29, 1.82) is 0 Å². The van der Waals surface area contributed by atoms with Gasteiger partial charge in [-0.25, -0.2) is 18.2 Å². The number of ether oxygens (including phenoxy) is 1. The van der Waals surface area contributed by atoms with E-state index in [2.05, 4.69) is 10.4 Å². The summed E-state index contributed by atoms with van der Waals surface area (Å²) >= 11 is 0. The van der Waals surface area contributed by atoms with E-state index in [0.29, 0.717) is 11.1 Å². The molecule has 104 valence electrons. The maximum absolute atomic E-state index is 11.7. The van der Waals surface area contributed by atoms with Crippen LogP contribution < -0.4 is 5.43 Å². The van der Waals surface area contributed by atoms with Crippen LogP contribution in [-0.2, 0) is 19.4 Å². The zero-order valence-electron chi connectivity index (χ0n) is 10.9. The Balaban J connectivity index is 2.27. The van der Waals surface area contributed by atoms with E-state index in [0.717, 1.165) is 6.26 Å². The molecule has 0 unspecified atom stereocenters. The van der Waals surface area contributed by atoms with Crippen molar-refractivity contribution in [2.45, 2.75) is 20.0 Å². The number of aliphatic imine (C=N–C) groups is 1. The van der Waals surface area contributed by atoms with Crippen LogP contribution in [0.3, 0.4) is 0 Å². The molecule has 2 aliphatic heterocycles. The van der Waals surface area contributed by atoms with Gasteiger partial charge in [0.2, 0.25) is 15.0 Å². The van der Waals surface area contributed by atoms with Crippen LogP contribution in [0, 0.1) is 0 Å². The lowest BCUT2D eigenvalue weighted by atomic mass is 10.1. The zero-order valence-corrected chi connectivity index (χ0v) is 11.7. The highest BCUT2D eigenvalue weighted by Crippen LogP contribution is 2.24. The van der Waals surface area contributed by atoms with Crippen molar-refractivity contribution in [3.63, 3.8) is 0 Å². The van der Waals surface area contributed by atoms with Crippen molar-refractivity contribution in [3.8, 4) is 0 Å². The van der Waals surface area contributed by atoms with Gasteiger partial charge in [0.05, 0.1) is 12.2 Å². The first-order valence-electron chi connectivity index (χ1n) is 5.73. The highest BCUT2D eigenvalue weighted by atomic mass is 32.2. The minimum Gasteiger partial charge on any atom is -0.462 e. The number of hydrogen-bond donors (Lipinski definition) is 1. The van der Waals surface area contributed by atoms with Gasteiger partial charge in [-0.15, -0.1) is 0 Å². The van der Waals surface area contributed by atoms with Gasteiger partial charge < -0.3 is 4.74 Å². The maximum atomic E-state index is 11.7. The Bertz CT molecular complexity index is 603. The van der Waals surface area contributed by atoms with Crippen molar-refractivity contribution in [2.75, 3.05) is 12.9 Å². The van der Waals surface area contributed by atoms with Gasteiger partial charge in [-0.2, -0.15) is 0 Å². The fraction of sp³-hybridized carbons (Fsp3) is 0.455. The fourth-order valence-corrected chi connectivity index (χ4v) is 2.34. The van der Waals surface area contributed by atoms with Crippen molar-refractivity contribution in [2.24, 2.45) is 4.99 Å². The molecule has 0 aromatic carbocycles. The number of carbonyl (C=O) groups excluding carboxylic acids is 1. The third kappa shape index (κ3) is 2.62. The van der Waals surface area contributed by atoms with Gasteiger partial charge in [-0.05, 0) is 25.5 Å². The molecule has 0 amide bonds. The van der Waals surface area contributed by atoms with Gasteiger partial charge >= 0.3 is 5.97 Å². The lowest BCUT2D eigenvalue weighted by Crippen LogP contribution is -2.40. The van der Waals surface area contributed by atoms with Gasteiger partial charge in [-0.3, -0.25) is 10.4 Å². The highest BCUT2D eigenvalue weighted by Gasteiger charge is 2.32. The average molecular weight is 285 g/mol. The molecule has 8 heteroatoms. The first kappa shape index (κ1) is 13.6. The third-order valence-corrected chi connectivity index (χ3v) is 3.60. The number of fused-ring (bicyclic) bond motifs is 1. The fourth-order valence-electron chi connectivity index (χ4n) is 1.77. The number of amidine groups is 1. The van der Waals surface area contributed by atoms with Crippen LogP contribution in [0.5, 0.6) is 0 Å². The molecule has 0 saturated heterocycles. The number of sulfone groups is 1. The number of carbonyl (C=O) groups is 1. The van der Waals surface area contributed by atoms with Crippen molar-refractivity contribution >= 4 is 21.0 Å². The summed E-state index contributed by atoms with van der Waals surface area (Å²) in [4.78, 5) is 15.8. The molecule has 0 radical (unpaired) electrons. The highest BCUT2D eigenvalue weighted by molar-refractivity contribution is 8.05. The summed E-state index contributed by atoms with van der Waals surface area (Å²) in [6.45, 7) is 3.77. The van der Waals surface area contributed by atoms with Crippen molar-refractivity contribution < 1.29 is 17.9 Å². The Morgan fingerprint density at radius 3 is 2.84 bits per heavy atom. The molecule has 0 aromatic rings. The second-order valence-corrected chi connectivity index (χ2v) is 6.18. The SMILES string of the molecule is CCOC(=O)C1=CN2NC(S(C)(=O)=O)=N[C@H]2C=C1C. The summed E-state index contributed by atoms with van der Waals surface area (Å²) in [6, 6.07) is 0. The average Bonchev–Trinajstić information content (AvgIpc) is 2.70. The smallest absolute Gasteiger partial charge is 0.339 e. The molecule has 0 saturated carbocycles. The monoisotopic (exact) mass is 285 g/mol. The van der Waals surface area contributed by atoms with E-state index < -0.39 is 22.0 Å². The number of nitrogens with one attached hydrogen (secondary N) is 1. The quantitative estimate of drug-likeness (QED) is 0.715. The predicted molar refractivity (Wildman–Crippen MR) is 69.5 cm³/mol. The molecule has 1 atom stereocenters. The molecular weight excluding hydrogens is 270 g/mol. The Morgan fingerprint density at radius 1 is 1.58 bits per heavy atom. The second-order valence-electron chi connectivity index (χ2n) is 4.25. The molecule has 0 spiro atoms. The normalized spacial score (nSPS) is 21.9. The van der Waals surface area contributed by atoms with Gasteiger partial charge in [0.15, 0.2) is 6.17 Å². The first-order chi connectivity index (χ1) is 8.82. The molecule has 1 N–H and O–H groups in total.